The van der Waals surface area contributed by atoms with E-state index in [9.17, 15) is 4.79 Å². The van der Waals surface area contributed by atoms with Crippen LogP contribution in [-0.4, -0.2) is 35.7 Å². The topological polar surface area (TPSA) is 64.6 Å². The molecule has 3 rings (SSSR count). The Hall–Kier alpha value is -1.23. The SMILES string of the molecule is O=C(O)N1CCC2(CC=C3NNCC3C2)CC1. The Morgan fingerprint density at radius 2 is 2.24 bits per heavy atom. The molecule has 5 heteroatoms. The molecule has 2 fully saturated rings. The smallest absolute Gasteiger partial charge is 0.407 e. The summed E-state index contributed by atoms with van der Waals surface area (Å²) in [6.07, 6.45) is 5.87. The second-order valence-electron chi connectivity index (χ2n) is 5.54. The van der Waals surface area contributed by atoms with Gasteiger partial charge in [0.15, 0.2) is 0 Å². The lowest BCUT2D eigenvalue weighted by Gasteiger charge is -2.44. The van der Waals surface area contributed by atoms with E-state index in [-0.39, 0.29) is 0 Å². The average molecular weight is 237 g/mol. The summed E-state index contributed by atoms with van der Waals surface area (Å²) in [4.78, 5) is 12.5. The van der Waals surface area contributed by atoms with Crippen molar-refractivity contribution in [2.75, 3.05) is 19.6 Å². The molecule has 2 aliphatic heterocycles. The minimum absolute atomic E-state index is 0.355. The molecule has 1 atom stereocenters. The second kappa shape index (κ2) is 3.91. The first-order chi connectivity index (χ1) is 8.19. The van der Waals surface area contributed by atoms with Gasteiger partial charge in [-0.3, -0.25) is 0 Å². The molecule has 2 saturated heterocycles. The summed E-state index contributed by atoms with van der Waals surface area (Å²) in [6, 6.07) is 0. The number of piperidine rings is 1. The third kappa shape index (κ3) is 1.88. The molecule has 2 heterocycles. The largest absolute Gasteiger partial charge is 0.465 e. The summed E-state index contributed by atoms with van der Waals surface area (Å²) >= 11 is 0. The number of nitrogens with one attached hydrogen (secondary N) is 2. The van der Waals surface area contributed by atoms with E-state index in [2.05, 4.69) is 16.9 Å². The van der Waals surface area contributed by atoms with E-state index in [0.717, 1.165) is 25.8 Å². The summed E-state index contributed by atoms with van der Waals surface area (Å²) in [5, 5.41) is 8.97. The highest BCUT2D eigenvalue weighted by Crippen LogP contribution is 2.46. The lowest BCUT2D eigenvalue weighted by atomic mass is 9.66. The zero-order chi connectivity index (χ0) is 11.9. The molecular formula is C12H19N3O2. The number of likely N-dealkylation sites (tertiary alicyclic amines) is 1. The van der Waals surface area contributed by atoms with E-state index < -0.39 is 6.09 Å². The number of rotatable bonds is 0. The highest BCUT2D eigenvalue weighted by Gasteiger charge is 2.41. The maximum atomic E-state index is 10.9. The quantitative estimate of drug-likeness (QED) is 0.591. The van der Waals surface area contributed by atoms with Gasteiger partial charge < -0.3 is 15.4 Å². The van der Waals surface area contributed by atoms with Crippen molar-refractivity contribution in [2.45, 2.75) is 25.7 Å². The van der Waals surface area contributed by atoms with Crippen molar-refractivity contribution in [3.05, 3.63) is 11.8 Å². The molecule has 17 heavy (non-hydrogen) atoms. The van der Waals surface area contributed by atoms with Crippen LogP contribution in [0.1, 0.15) is 25.7 Å². The van der Waals surface area contributed by atoms with Gasteiger partial charge in [-0.25, -0.2) is 10.2 Å². The number of hydrogen-bond acceptors (Lipinski definition) is 3. The van der Waals surface area contributed by atoms with Crippen LogP contribution in [0.15, 0.2) is 11.8 Å². The van der Waals surface area contributed by atoms with Gasteiger partial charge in [0.2, 0.25) is 0 Å². The fraction of sp³-hybridized carbons (Fsp3) is 0.750. The van der Waals surface area contributed by atoms with Crippen molar-refractivity contribution in [2.24, 2.45) is 11.3 Å². The van der Waals surface area contributed by atoms with E-state index >= 15 is 0 Å². The van der Waals surface area contributed by atoms with E-state index in [1.807, 2.05) is 0 Å². The van der Waals surface area contributed by atoms with Crippen LogP contribution in [0.5, 0.6) is 0 Å². The lowest BCUT2D eigenvalue weighted by Crippen LogP contribution is -2.44. The molecule has 5 nitrogen and oxygen atoms in total. The summed E-state index contributed by atoms with van der Waals surface area (Å²) < 4.78 is 0. The standard InChI is InChI=1S/C12H19N3O2/c16-11(17)15-5-3-12(4-6-15)2-1-10-9(7-12)8-13-14-10/h1,9,13-14H,2-8H2,(H,16,17). The Kier molecular flexibility index (Phi) is 2.50. The minimum Gasteiger partial charge on any atom is -0.465 e. The molecular weight excluding hydrogens is 218 g/mol. The average Bonchev–Trinajstić information content (AvgIpc) is 2.76. The fourth-order valence-electron chi connectivity index (χ4n) is 3.40. The maximum absolute atomic E-state index is 10.9. The molecule has 1 aliphatic carbocycles. The Bertz CT molecular complexity index is 359. The van der Waals surface area contributed by atoms with Gasteiger partial charge in [0.25, 0.3) is 0 Å². The van der Waals surface area contributed by atoms with Gasteiger partial charge in [0.05, 0.1) is 0 Å². The van der Waals surface area contributed by atoms with Gasteiger partial charge in [0.1, 0.15) is 0 Å². The van der Waals surface area contributed by atoms with Crippen LogP contribution in [0.3, 0.4) is 0 Å². The Morgan fingerprint density at radius 3 is 2.94 bits per heavy atom. The Labute approximate surface area is 101 Å². The first kappa shape index (κ1) is 10.9. The van der Waals surface area contributed by atoms with Gasteiger partial charge in [-0.05, 0) is 31.1 Å². The number of carboxylic acid groups (broad SMARTS) is 1. The van der Waals surface area contributed by atoms with Gasteiger partial charge in [-0.2, -0.15) is 0 Å². The Morgan fingerprint density at radius 1 is 1.47 bits per heavy atom. The molecule has 1 amide bonds. The van der Waals surface area contributed by atoms with Crippen molar-refractivity contribution in [3.63, 3.8) is 0 Å². The molecule has 0 saturated carbocycles. The van der Waals surface area contributed by atoms with E-state index in [0.29, 0.717) is 24.4 Å². The van der Waals surface area contributed by atoms with E-state index in [1.165, 1.54) is 12.1 Å². The highest BCUT2D eigenvalue weighted by atomic mass is 16.4. The number of nitrogens with zero attached hydrogens (tertiary/aromatic N) is 1. The van der Waals surface area contributed by atoms with Crippen LogP contribution in [0, 0.1) is 11.3 Å². The summed E-state index contributed by atoms with van der Waals surface area (Å²) in [5.74, 6) is 0.611. The molecule has 94 valence electrons. The first-order valence-corrected chi connectivity index (χ1v) is 6.35. The van der Waals surface area contributed by atoms with Gasteiger partial charge in [-0.15, -0.1) is 0 Å². The lowest BCUT2D eigenvalue weighted by molar-refractivity contribution is 0.0748. The minimum atomic E-state index is -0.768. The summed E-state index contributed by atoms with van der Waals surface area (Å²) in [5.41, 5.74) is 8.10. The monoisotopic (exact) mass is 237 g/mol. The third-order valence-electron chi connectivity index (χ3n) is 4.55. The van der Waals surface area contributed by atoms with E-state index in [1.54, 1.807) is 4.90 Å². The number of amides is 1. The molecule has 0 bridgehead atoms. The molecule has 1 unspecified atom stereocenters. The van der Waals surface area contributed by atoms with Crippen molar-refractivity contribution < 1.29 is 9.90 Å². The number of carbonyl (C=O) groups is 1. The van der Waals surface area contributed by atoms with Crippen LogP contribution < -0.4 is 10.9 Å². The van der Waals surface area contributed by atoms with Gasteiger partial charge in [0, 0.05) is 31.2 Å². The van der Waals surface area contributed by atoms with Crippen LogP contribution in [0.25, 0.3) is 0 Å². The number of allylic oxidation sites excluding steroid dienone is 1. The highest BCUT2D eigenvalue weighted by molar-refractivity contribution is 5.65. The molecule has 1 spiro atoms. The van der Waals surface area contributed by atoms with Gasteiger partial charge >= 0.3 is 6.09 Å². The van der Waals surface area contributed by atoms with Crippen molar-refractivity contribution in [3.8, 4) is 0 Å². The molecule has 3 N–H and O–H groups in total. The number of fused-ring (bicyclic) bond motifs is 1. The fourth-order valence-corrected chi connectivity index (χ4v) is 3.40. The van der Waals surface area contributed by atoms with Crippen LogP contribution in [0.2, 0.25) is 0 Å². The van der Waals surface area contributed by atoms with Crippen LogP contribution in [-0.2, 0) is 0 Å². The molecule has 0 radical (unpaired) electrons. The Balaban J connectivity index is 1.68. The summed E-state index contributed by atoms with van der Waals surface area (Å²) in [7, 11) is 0. The maximum Gasteiger partial charge on any atom is 0.407 e. The first-order valence-electron chi connectivity index (χ1n) is 6.35. The predicted octanol–water partition coefficient (Wildman–Crippen LogP) is 1.15. The van der Waals surface area contributed by atoms with Crippen LogP contribution in [0.4, 0.5) is 4.79 Å². The zero-order valence-corrected chi connectivity index (χ0v) is 9.91. The number of hydrogen-bond donors (Lipinski definition) is 3. The second-order valence-corrected chi connectivity index (χ2v) is 5.54. The molecule has 0 aromatic heterocycles. The number of hydrazine groups is 1. The van der Waals surface area contributed by atoms with Crippen molar-refractivity contribution >= 4 is 6.09 Å². The van der Waals surface area contributed by atoms with E-state index in [4.69, 9.17) is 5.11 Å². The molecule has 0 aromatic rings. The molecule has 3 aliphatic rings. The van der Waals surface area contributed by atoms with Crippen molar-refractivity contribution in [1.82, 2.24) is 15.8 Å². The zero-order valence-electron chi connectivity index (χ0n) is 9.91. The van der Waals surface area contributed by atoms with Gasteiger partial charge in [-0.1, -0.05) is 6.08 Å². The third-order valence-corrected chi connectivity index (χ3v) is 4.55. The normalized spacial score (nSPS) is 30.7. The molecule has 0 aromatic carbocycles. The predicted molar refractivity (Wildman–Crippen MR) is 63.2 cm³/mol. The van der Waals surface area contributed by atoms with Crippen molar-refractivity contribution in [1.29, 1.82) is 0 Å². The summed E-state index contributed by atoms with van der Waals surface area (Å²) in [6.45, 7) is 2.41. The van der Waals surface area contributed by atoms with Crippen LogP contribution >= 0.6 is 0 Å².